The van der Waals surface area contributed by atoms with Crippen molar-refractivity contribution in [3.05, 3.63) is 89.4 Å². The van der Waals surface area contributed by atoms with Crippen molar-refractivity contribution in [2.24, 2.45) is 10.7 Å². The van der Waals surface area contributed by atoms with E-state index < -0.39 is 0 Å². The summed E-state index contributed by atoms with van der Waals surface area (Å²) in [5.74, 6) is 0.790. The first-order valence-electron chi connectivity index (χ1n) is 7.57. The second kappa shape index (κ2) is 8.04. The number of halogens is 1. The van der Waals surface area contributed by atoms with Gasteiger partial charge in [-0.3, -0.25) is 0 Å². The number of amidine groups is 1. The lowest BCUT2D eigenvalue weighted by Gasteiger charge is -2.05. The molecular formula is C20H17ClN2S. The van der Waals surface area contributed by atoms with Gasteiger partial charge in [0.25, 0.3) is 0 Å². The molecule has 0 unspecified atom stereocenters. The number of nitrogens with zero attached hydrogens (tertiary/aromatic N) is 1. The van der Waals surface area contributed by atoms with Gasteiger partial charge in [0.05, 0.1) is 5.69 Å². The van der Waals surface area contributed by atoms with Gasteiger partial charge in [0.2, 0.25) is 0 Å². The molecule has 0 fully saturated rings. The largest absolute Gasteiger partial charge is 0.378 e. The van der Waals surface area contributed by atoms with Crippen LogP contribution in [0.5, 0.6) is 0 Å². The number of hydrogen-bond acceptors (Lipinski definition) is 2. The van der Waals surface area contributed by atoms with Gasteiger partial charge in [-0.25, -0.2) is 4.99 Å². The third-order valence-electron chi connectivity index (χ3n) is 3.51. The molecule has 2 N–H and O–H groups in total. The molecule has 0 amide bonds. The summed E-state index contributed by atoms with van der Waals surface area (Å²) >= 11 is 7.39. The van der Waals surface area contributed by atoms with Crippen molar-refractivity contribution in [2.45, 2.75) is 5.75 Å². The highest BCUT2D eigenvalue weighted by Crippen LogP contribution is 2.22. The molecule has 24 heavy (non-hydrogen) atoms. The normalized spacial score (nSPS) is 11.5. The molecule has 2 nitrogen and oxygen atoms in total. The van der Waals surface area contributed by atoms with Crippen LogP contribution in [-0.2, 0) is 5.75 Å². The topological polar surface area (TPSA) is 38.4 Å². The zero-order valence-corrected chi connectivity index (χ0v) is 14.6. The van der Waals surface area contributed by atoms with Gasteiger partial charge in [-0.15, -0.1) is 0 Å². The zero-order valence-electron chi connectivity index (χ0n) is 13.0. The monoisotopic (exact) mass is 352 g/mol. The zero-order chi connectivity index (χ0) is 16.8. The van der Waals surface area contributed by atoms with Crippen LogP contribution in [0.2, 0.25) is 5.02 Å². The Morgan fingerprint density at radius 2 is 1.46 bits per heavy atom. The first-order valence-corrected chi connectivity index (χ1v) is 8.94. The Balaban J connectivity index is 1.61. The fourth-order valence-electron chi connectivity index (χ4n) is 2.26. The maximum absolute atomic E-state index is 5.99. The summed E-state index contributed by atoms with van der Waals surface area (Å²) in [5.41, 5.74) is 10.5. The van der Waals surface area contributed by atoms with E-state index in [2.05, 4.69) is 41.4 Å². The van der Waals surface area contributed by atoms with Crippen LogP contribution in [0.3, 0.4) is 0 Å². The molecule has 120 valence electrons. The summed E-state index contributed by atoms with van der Waals surface area (Å²) in [6, 6.07) is 26.2. The molecule has 4 heteroatoms. The standard InChI is InChI=1S/C20H17ClN2S/c21-18-10-12-19(13-11-18)23-20(22)24-14-15-6-8-17(9-7-15)16-4-2-1-3-5-16/h1-13H,14H2,(H2,22,23). The molecule has 0 bridgehead atoms. The fraction of sp³-hybridized carbons (Fsp3) is 0.0500. The van der Waals surface area contributed by atoms with Crippen LogP contribution in [0.1, 0.15) is 5.56 Å². The number of hydrogen-bond donors (Lipinski definition) is 1. The third kappa shape index (κ3) is 4.63. The Morgan fingerprint density at radius 1 is 0.833 bits per heavy atom. The van der Waals surface area contributed by atoms with Crippen molar-refractivity contribution < 1.29 is 0 Å². The number of benzene rings is 3. The second-order valence-corrected chi connectivity index (χ2v) is 6.71. The van der Waals surface area contributed by atoms with Gasteiger partial charge in [0.1, 0.15) is 0 Å². The van der Waals surface area contributed by atoms with E-state index in [0.717, 1.165) is 11.4 Å². The molecule has 0 aliphatic heterocycles. The predicted octanol–water partition coefficient (Wildman–Crippen LogP) is 5.89. The van der Waals surface area contributed by atoms with Gasteiger partial charge in [-0.2, -0.15) is 0 Å². The van der Waals surface area contributed by atoms with E-state index >= 15 is 0 Å². The molecule has 0 aliphatic rings. The molecule has 0 spiro atoms. The number of nitrogens with two attached hydrogens (primary N) is 1. The van der Waals surface area contributed by atoms with E-state index in [0.29, 0.717) is 10.2 Å². The lowest BCUT2D eigenvalue weighted by atomic mass is 10.0. The van der Waals surface area contributed by atoms with Crippen molar-refractivity contribution in [1.82, 2.24) is 0 Å². The molecule has 0 saturated heterocycles. The quantitative estimate of drug-likeness (QED) is 0.470. The van der Waals surface area contributed by atoms with E-state index in [9.17, 15) is 0 Å². The molecule has 0 saturated carbocycles. The second-order valence-electron chi connectivity index (χ2n) is 5.28. The SMILES string of the molecule is NC(=Nc1ccc(Cl)cc1)SCc1ccc(-c2ccccc2)cc1. The van der Waals surface area contributed by atoms with Crippen LogP contribution in [0.25, 0.3) is 11.1 Å². The maximum Gasteiger partial charge on any atom is 0.159 e. The number of thioether (sulfide) groups is 1. The smallest absolute Gasteiger partial charge is 0.159 e. The predicted molar refractivity (Wildman–Crippen MR) is 106 cm³/mol. The summed E-state index contributed by atoms with van der Waals surface area (Å²) in [5, 5.41) is 1.24. The Morgan fingerprint density at radius 3 is 2.12 bits per heavy atom. The van der Waals surface area contributed by atoms with Gasteiger partial charge in [0.15, 0.2) is 5.17 Å². The fourth-order valence-corrected chi connectivity index (χ4v) is 3.06. The van der Waals surface area contributed by atoms with Crippen molar-refractivity contribution in [1.29, 1.82) is 0 Å². The minimum Gasteiger partial charge on any atom is -0.378 e. The number of rotatable bonds is 4. The Hall–Kier alpha value is -2.23. The molecular weight excluding hydrogens is 336 g/mol. The molecule has 3 aromatic carbocycles. The van der Waals surface area contributed by atoms with Gasteiger partial charge in [-0.1, -0.05) is 78.0 Å². The highest BCUT2D eigenvalue weighted by Gasteiger charge is 2.00. The molecule has 3 rings (SSSR count). The highest BCUT2D eigenvalue weighted by molar-refractivity contribution is 8.13. The van der Waals surface area contributed by atoms with Gasteiger partial charge < -0.3 is 5.73 Å². The first-order chi connectivity index (χ1) is 11.7. The summed E-state index contributed by atoms with van der Waals surface area (Å²) < 4.78 is 0. The number of aliphatic imine (C=N–C) groups is 1. The van der Waals surface area contributed by atoms with E-state index in [4.69, 9.17) is 17.3 Å². The van der Waals surface area contributed by atoms with Crippen molar-refractivity contribution >= 4 is 34.2 Å². The summed E-state index contributed by atoms with van der Waals surface area (Å²) in [4.78, 5) is 4.38. The molecule has 0 radical (unpaired) electrons. The third-order valence-corrected chi connectivity index (χ3v) is 4.63. The summed E-state index contributed by atoms with van der Waals surface area (Å²) in [7, 11) is 0. The average Bonchev–Trinajstić information content (AvgIpc) is 2.63. The van der Waals surface area contributed by atoms with Crippen LogP contribution in [0.4, 0.5) is 5.69 Å². The first kappa shape index (κ1) is 16.6. The Labute approximate surface area is 151 Å². The Kier molecular flexibility index (Phi) is 5.57. The average molecular weight is 353 g/mol. The minimum absolute atomic E-state index is 0.546. The van der Waals surface area contributed by atoms with Gasteiger partial charge >= 0.3 is 0 Å². The van der Waals surface area contributed by atoms with Crippen LogP contribution in [0, 0.1) is 0 Å². The van der Waals surface area contributed by atoms with Crippen LogP contribution >= 0.6 is 23.4 Å². The molecule has 0 aliphatic carbocycles. The molecule has 3 aromatic rings. The van der Waals surface area contributed by atoms with E-state index in [1.54, 1.807) is 12.1 Å². The van der Waals surface area contributed by atoms with E-state index in [1.807, 2.05) is 30.3 Å². The lowest BCUT2D eigenvalue weighted by Crippen LogP contribution is -2.06. The summed E-state index contributed by atoms with van der Waals surface area (Å²) in [6.45, 7) is 0. The highest BCUT2D eigenvalue weighted by atomic mass is 35.5. The summed E-state index contributed by atoms with van der Waals surface area (Å²) in [6.07, 6.45) is 0. The van der Waals surface area contributed by atoms with Gasteiger partial charge in [-0.05, 0) is 41.0 Å². The van der Waals surface area contributed by atoms with Crippen LogP contribution in [-0.4, -0.2) is 5.17 Å². The van der Waals surface area contributed by atoms with Gasteiger partial charge in [0, 0.05) is 10.8 Å². The van der Waals surface area contributed by atoms with Crippen molar-refractivity contribution in [3.8, 4) is 11.1 Å². The maximum atomic E-state index is 5.99. The van der Waals surface area contributed by atoms with Crippen molar-refractivity contribution in [2.75, 3.05) is 0 Å². The molecule has 0 aromatic heterocycles. The van der Waals surface area contributed by atoms with Crippen LogP contribution < -0.4 is 5.73 Å². The lowest BCUT2D eigenvalue weighted by molar-refractivity contribution is 1.42. The van der Waals surface area contributed by atoms with Crippen molar-refractivity contribution in [3.63, 3.8) is 0 Å². The minimum atomic E-state index is 0.546. The Bertz CT molecular complexity index is 813. The van der Waals surface area contributed by atoms with E-state index in [1.165, 1.54) is 28.5 Å². The molecule has 0 atom stereocenters. The molecule has 0 heterocycles. The van der Waals surface area contributed by atoms with E-state index in [-0.39, 0.29) is 0 Å². The van der Waals surface area contributed by atoms with Crippen LogP contribution in [0.15, 0.2) is 83.9 Å².